The molecule has 3 aromatic carbocycles. The molecule has 3 aromatic rings. The van der Waals surface area contributed by atoms with Gasteiger partial charge >= 0.3 is 0 Å². The summed E-state index contributed by atoms with van der Waals surface area (Å²) in [6.45, 7) is 5.24. The second-order valence-electron chi connectivity index (χ2n) is 6.96. The fourth-order valence-corrected chi connectivity index (χ4v) is 3.31. The molecular weight excluding hydrogens is 362 g/mol. The van der Waals surface area contributed by atoms with Crippen molar-refractivity contribution in [1.82, 2.24) is 5.32 Å². The minimum atomic E-state index is -0.494. The van der Waals surface area contributed by atoms with E-state index in [-0.39, 0.29) is 5.91 Å². The Balaban J connectivity index is 1.49. The molecule has 0 saturated heterocycles. The van der Waals surface area contributed by atoms with Crippen molar-refractivity contribution in [2.75, 3.05) is 13.2 Å². The van der Waals surface area contributed by atoms with E-state index in [1.54, 1.807) is 0 Å². The molecule has 1 amide bonds. The predicted octanol–water partition coefficient (Wildman–Crippen LogP) is 5.14. The van der Waals surface area contributed by atoms with Crippen LogP contribution in [0.25, 0.3) is 10.8 Å². The molecule has 0 heterocycles. The summed E-state index contributed by atoms with van der Waals surface area (Å²) < 4.78 is 11.5. The molecule has 0 unspecified atom stereocenters. The van der Waals surface area contributed by atoms with E-state index in [4.69, 9.17) is 9.47 Å². The van der Waals surface area contributed by atoms with Crippen LogP contribution in [-0.2, 0) is 11.2 Å². The van der Waals surface area contributed by atoms with Crippen LogP contribution in [0.15, 0.2) is 66.7 Å². The molecular formula is C25H29NO3. The third kappa shape index (κ3) is 5.74. The minimum absolute atomic E-state index is 0.0628. The standard InChI is InChI=1S/C25H29NO3/c1-3-23(29-24-13-7-11-20-10-5-6-12-22(20)24)25(27)26-18-8-9-19-14-16-21(17-15-19)28-4-2/h5-7,10-17,23H,3-4,8-9,18H2,1-2H3,(H,26,27)/t23-/m0/s1. The molecule has 1 atom stereocenters. The lowest BCUT2D eigenvalue weighted by Gasteiger charge is -2.18. The van der Waals surface area contributed by atoms with Crippen molar-refractivity contribution in [3.8, 4) is 11.5 Å². The van der Waals surface area contributed by atoms with Crippen molar-refractivity contribution >= 4 is 16.7 Å². The Kier molecular flexibility index (Phi) is 7.51. The lowest BCUT2D eigenvalue weighted by Crippen LogP contribution is -2.38. The van der Waals surface area contributed by atoms with Gasteiger partial charge in [0.05, 0.1) is 6.61 Å². The number of nitrogens with one attached hydrogen (secondary N) is 1. The molecule has 29 heavy (non-hydrogen) atoms. The van der Waals surface area contributed by atoms with Gasteiger partial charge in [-0.3, -0.25) is 4.79 Å². The minimum Gasteiger partial charge on any atom is -0.494 e. The van der Waals surface area contributed by atoms with Crippen molar-refractivity contribution in [1.29, 1.82) is 0 Å². The van der Waals surface area contributed by atoms with E-state index in [2.05, 4.69) is 17.4 Å². The number of amides is 1. The molecule has 0 saturated carbocycles. The van der Waals surface area contributed by atoms with Gasteiger partial charge in [0, 0.05) is 11.9 Å². The zero-order chi connectivity index (χ0) is 20.5. The van der Waals surface area contributed by atoms with Crippen LogP contribution < -0.4 is 14.8 Å². The Morgan fingerprint density at radius 1 is 0.966 bits per heavy atom. The highest BCUT2D eigenvalue weighted by Gasteiger charge is 2.18. The second kappa shape index (κ2) is 10.5. The Morgan fingerprint density at radius 2 is 1.72 bits per heavy atom. The van der Waals surface area contributed by atoms with Crippen molar-refractivity contribution in [3.05, 3.63) is 72.3 Å². The fourth-order valence-electron chi connectivity index (χ4n) is 3.31. The third-order valence-corrected chi connectivity index (χ3v) is 4.86. The maximum atomic E-state index is 12.6. The number of benzene rings is 3. The average molecular weight is 392 g/mol. The topological polar surface area (TPSA) is 47.6 Å². The number of carbonyl (C=O) groups excluding carboxylic acids is 1. The number of fused-ring (bicyclic) bond motifs is 1. The second-order valence-corrected chi connectivity index (χ2v) is 6.96. The number of aryl methyl sites for hydroxylation is 1. The van der Waals surface area contributed by atoms with E-state index < -0.39 is 6.10 Å². The van der Waals surface area contributed by atoms with Crippen LogP contribution in [0.1, 0.15) is 32.3 Å². The number of rotatable bonds is 10. The van der Waals surface area contributed by atoms with Gasteiger partial charge < -0.3 is 14.8 Å². The predicted molar refractivity (Wildman–Crippen MR) is 118 cm³/mol. The first-order valence-corrected chi connectivity index (χ1v) is 10.3. The first kappa shape index (κ1) is 20.7. The molecule has 0 radical (unpaired) electrons. The lowest BCUT2D eigenvalue weighted by molar-refractivity contribution is -0.128. The van der Waals surface area contributed by atoms with E-state index in [9.17, 15) is 4.79 Å². The first-order valence-electron chi connectivity index (χ1n) is 10.3. The van der Waals surface area contributed by atoms with Crippen LogP contribution in [0.3, 0.4) is 0 Å². The van der Waals surface area contributed by atoms with Crippen molar-refractivity contribution in [3.63, 3.8) is 0 Å². The molecule has 0 aliphatic carbocycles. The summed E-state index contributed by atoms with van der Waals surface area (Å²) in [4.78, 5) is 12.6. The van der Waals surface area contributed by atoms with E-state index in [0.717, 1.165) is 35.1 Å². The van der Waals surface area contributed by atoms with Crippen molar-refractivity contribution in [2.24, 2.45) is 0 Å². The fraction of sp³-hybridized carbons (Fsp3) is 0.320. The lowest BCUT2D eigenvalue weighted by atomic mass is 10.1. The van der Waals surface area contributed by atoms with Gasteiger partial charge in [0.15, 0.2) is 6.10 Å². The zero-order valence-corrected chi connectivity index (χ0v) is 17.2. The molecule has 0 aliphatic heterocycles. The summed E-state index contributed by atoms with van der Waals surface area (Å²) in [5.41, 5.74) is 1.24. The SMILES string of the molecule is CCOc1ccc(CCCNC(=O)[C@H](CC)Oc2cccc3ccccc23)cc1. The zero-order valence-electron chi connectivity index (χ0n) is 17.2. The van der Waals surface area contributed by atoms with E-state index >= 15 is 0 Å². The van der Waals surface area contributed by atoms with Crippen LogP contribution in [0.5, 0.6) is 11.5 Å². The number of ether oxygens (including phenoxy) is 2. The molecule has 0 bridgehead atoms. The Labute approximate surface area is 172 Å². The molecule has 4 nitrogen and oxygen atoms in total. The summed E-state index contributed by atoms with van der Waals surface area (Å²) in [5.74, 6) is 1.58. The average Bonchev–Trinajstić information content (AvgIpc) is 2.76. The molecule has 152 valence electrons. The van der Waals surface area contributed by atoms with Gasteiger partial charge in [-0.15, -0.1) is 0 Å². The van der Waals surface area contributed by atoms with Gasteiger partial charge in [-0.05, 0) is 55.3 Å². The molecule has 0 fully saturated rings. The largest absolute Gasteiger partial charge is 0.494 e. The Morgan fingerprint density at radius 3 is 2.48 bits per heavy atom. The first-order chi connectivity index (χ1) is 14.2. The van der Waals surface area contributed by atoms with Gasteiger partial charge in [-0.25, -0.2) is 0 Å². The normalized spacial score (nSPS) is 11.8. The van der Waals surface area contributed by atoms with Gasteiger partial charge in [0.1, 0.15) is 11.5 Å². The van der Waals surface area contributed by atoms with E-state index in [0.29, 0.717) is 19.6 Å². The highest BCUT2D eigenvalue weighted by Crippen LogP contribution is 2.26. The highest BCUT2D eigenvalue weighted by molar-refractivity contribution is 5.89. The summed E-state index contributed by atoms with van der Waals surface area (Å²) in [5, 5.41) is 5.15. The number of carbonyl (C=O) groups is 1. The maximum Gasteiger partial charge on any atom is 0.261 e. The molecule has 1 N–H and O–H groups in total. The van der Waals surface area contributed by atoms with Crippen LogP contribution >= 0.6 is 0 Å². The van der Waals surface area contributed by atoms with Crippen LogP contribution in [0.2, 0.25) is 0 Å². The quantitative estimate of drug-likeness (QED) is 0.487. The number of hydrogen-bond donors (Lipinski definition) is 1. The summed E-state index contributed by atoms with van der Waals surface area (Å²) >= 11 is 0. The van der Waals surface area contributed by atoms with Crippen molar-refractivity contribution in [2.45, 2.75) is 39.2 Å². The van der Waals surface area contributed by atoms with Gasteiger partial charge in [-0.2, -0.15) is 0 Å². The van der Waals surface area contributed by atoms with Gasteiger partial charge in [-0.1, -0.05) is 55.5 Å². The maximum absolute atomic E-state index is 12.6. The Hall–Kier alpha value is -3.01. The summed E-state index contributed by atoms with van der Waals surface area (Å²) in [7, 11) is 0. The Bertz CT molecular complexity index is 916. The summed E-state index contributed by atoms with van der Waals surface area (Å²) in [6.07, 6.45) is 1.91. The molecule has 0 aliphatic rings. The van der Waals surface area contributed by atoms with Crippen LogP contribution in [0, 0.1) is 0 Å². The molecule has 3 rings (SSSR count). The van der Waals surface area contributed by atoms with Gasteiger partial charge in [0.25, 0.3) is 5.91 Å². The van der Waals surface area contributed by atoms with E-state index in [1.807, 2.05) is 68.4 Å². The smallest absolute Gasteiger partial charge is 0.261 e. The monoisotopic (exact) mass is 391 g/mol. The van der Waals surface area contributed by atoms with Gasteiger partial charge in [0.2, 0.25) is 0 Å². The molecule has 0 spiro atoms. The van der Waals surface area contributed by atoms with E-state index in [1.165, 1.54) is 5.56 Å². The van der Waals surface area contributed by atoms with Crippen molar-refractivity contribution < 1.29 is 14.3 Å². The molecule has 0 aromatic heterocycles. The number of hydrogen-bond acceptors (Lipinski definition) is 3. The van der Waals surface area contributed by atoms with Crippen LogP contribution in [-0.4, -0.2) is 25.2 Å². The van der Waals surface area contributed by atoms with Crippen LogP contribution in [0.4, 0.5) is 0 Å². The third-order valence-electron chi connectivity index (χ3n) is 4.86. The highest BCUT2D eigenvalue weighted by atomic mass is 16.5. The molecule has 4 heteroatoms. The summed E-state index contributed by atoms with van der Waals surface area (Å²) in [6, 6.07) is 22.1.